The van der Waals surface area contributed by atoms with E-state index in [4.69, 9.17) is 0 Å². The second-order valence-electron chi connectivity index (χ2n) is 2.46. The first-order valence-corrected chi connectivity index (χ1v) is 4.12. The van der Waals surface area contributed by atoms with Crippen LogP contribution in [-0.4, -0.2) is 13.1 Å². The molecule has 2 heteroatoms. The van der Waals surface area contributed by atoms with E-state index >= 15 is 0 Å². The fourth-order valence-corrected chi connectivity index (χ4v) is 0.625. The lowest BCUT2D eigenvalue weighted by Gasteiger charge is -1.76. The van der Waals surface area contributed by atoms with Crippen molar-refractivity contribution in [2.45, 2.75) is 39.5 Å². The SMILES string of the molecule is C1CCNC1.CCCC.Cl. The minimum atomic E-state index is 0. The van der Waals surface area contributed by atoms with Gasteiger partial charge in [0, 0.05) is 0 Å². The molecule has 0 spiro atoms. The van der Waals surface area contributed by atoms with Gasteiger partial charge >= 0.3 is 0 Å². The predicted octanol–water partition coefficient (Wildman–Crippen LogP) is 2.60. The average Bonchev–Trinajstić information content (AvgIpc) is 2.43. The van der Waals surface area contributed by atoms with Gasteiger partial charge in [-0.05, 0) is 25.9 Å². The van der Waals surface area contributed by atoms with Gasteiger partial charge in [0.1, 0.15) is 0 Å². The molecule has 1 aliphatic rings. The second-order valence-corrected chi connectivity index (χ2v) is 2.46. The van der Waals surface area contributed by atoms with Crippen LogP contribution in [0.2, 0.25) is 0 Å². The molecule has 0 aromatic carbocycles. The van der Waals surface area contributed by atoms with E-state index in [-0.39, 0.29) is 12.4 Å². The van der Waals surface area contributed by atoms with Gasteiger partial charge < -0.3 is 5.32 Å². The molecule has 0 aromatic rings. The van der Waals surface area contributed by atoms with Crippen molar-refractivity contribution in [3.8, 4) is 0 Å². The first-order valence-electron chi connectivity index (χ1n) is 4.12. The van der Waals surface area contributed by atoms with Crippen LogP contribution in [0, 0.1) is 0 Å². The molecule has 0 atom stereocenters. The zero-order valence-corrected chi connectivity index (χ0v) is 7.97. The lowest BCUT2D eigenvalue weighted by Crippen LogP contribution is -2.03. The van der Waals surface area contributed by atoms with Gasteiger partial charge in [-0.3, -0.25) is 0 Å². The lowest BCUT2D eigenvalue weighted by atomic mass is 10.4. The van der Waals surface area contributed by atoms with Gasteiger partial charge in [-0.2, -0.15) is 0 Å². The van der Waals surface area contributed by atoms with Crippen molar-refractivity contribution in [2.75, 3.05) is 13.1 Å². The number of rotatable bonds is 1. The van der Waals surface area contributed by atoms with Crippen LogP contribution in [0.1, 0.15) is 39.5 Å². The summed E-state index contributed by atoms with van der Waals surface area (Å²) in [6, 6.07) is 0. The Balaban J connectivity index is 0. The average molecular weight is 166 g/mol. The molecule has 1 heterocycles. The maximum Gasteiger partial charge on any atom is -0.00484 e. The highest BCUT2D eigenvalue weighted by atomic mass is 35.5. The van der Waals surface area contributed by atoms with Gasteiger partial charge in [-0.15, -0.1) is 12.4 Å². The molecule has 0 aliphatic carbocycles. The van der Waals surface area contributed by atoms with E-state index in [0.717, 1.165) is 0 Å². The molecule has 1 rings (SSSR count). The number of nitrogens with one attached hydrogen (secondary N) is 1. The largest absolute Gasteiger partial charge is 0.317 e. The maximum atomic E-state index is 3.22. The molecule has 10 heavy (non-hydrogen) atoms. The summed E-state index contributed by atoms with van der Waals surface area (Å²) >= 11 is 0. The fraction of sp³-hybridized carbons (Fsp3) is 1.00. The summed E-state index contributed by atoms with van der Waals surface area (Å²) in [5.41, 5.74) is 0. The molecule has 0 unspecified atom stereocenters. The molecule has 1 aliphatic heterocycles. The first kappa shape index (κ1) is 12.9. The quantitative estimate of drug-likeness (QED) is 0.630. The van der Waals surface area contributed by atoms with Crippen molar-refractivity contribution >= 4 is 12.4 Å². The van der Waals surface area contributed by atoms with E-state index < -0.39 is 0 Å². The van der Waals surface area contributed by atoms with Crippen molar-refractivity contribution in [3.05, 3.63) is 0 Å². The van der Waals surface area contributed by atoms with Crippen LogP contribution in [0.25, 0.3) is 0 Å². The van der Waals surface area contributed by atoms with Gasteiger partial charge in [0.25, 0.3) is 0 Å². The summed E-state index contributed by atoms with van der Waals surface area (Å²) in [6.45, 7) is 6.86. The molecular formula is C8H20ClN. The zero-order valence-electron chi connectivity index (χ0n) is 7.15. The van der Waals surface area contributed by atoms with Crippen LogP contribution in [0.3, 0.4) is 0 Å². The second kappa shape index (κ2) is 12.0. The number of halogens is 1. The van der Waals surface area contributed by atoms with E-state index in [1.54, 1.807) is 0 Å². The molecule has 0 aromatic heterocycles. The Labute approximate surface area is 71.0 Å². The first-order chi connectivity index (χ1) is 4.41. The highest BCUT2D eigenvalue weighted by Gasteiger charge is 1.93. The minimum absolute atomic E-state index is 0. The molecule has 0 bridgehead atoms. The molecule has 1 N–H and O–H groups in total. The van der Waals surface area contributed by atoms with Crippen molar-refractivity contribution < 1.29 is 0 Å². The molecule has 1 fully saturated rings. The molecule has 0 saturated carbocycles. The van der Waals surface area contributed by atoms with Crippen LogP contribution < -0.4 is 5.32 Å². The number of hydrogen-bond donors (Lipinski definition) is 1. The van der Waals surface area contributed by atoms with Crippen molar-refractivity contribution in [3.63, 3.8) is 0 Å². The number of unbranched alkanes of at least 4 members (excludes halogenated alkanes) is 1. The number of hydrogen-bond acceptors (Lipinski definition) is 1. The minimum Gasteiger partial charge on any atom is -0.317 e. The van der Waals surface area contributed by atoms with Gasteiger partial charge in [-0.25, -0.2) is 0 Å². The van der Waals surface area contributed by atoms with Crippen LogP contribution in [-0.2, 0) is 0 Å². The van der Waals surface area contributed by atoms with E-state index in [0.29, 0.717) is 0 Å². The molecule has 64 valence electrons. The van der Waals surface area contributed by atoms with Crippen LogP contribution in [0.15, 0.2) is 0 Å². The smallest absolute Gasteiger partial charge is 0.00484 e. The summed E-state index contributed by atoms with van der Waals surface area (Å²) in [5, 5.41) is 3.22. The van der Waals surface area contributed by atoms with Crippen LogP contribution in [0.5, 0.6) is 0 Å². The Morgan fingerprint density at radius 1 is 1.00 bits per heavy atom. The third-order valence-electron chi connectivity index (χ3n) is 1.46. The third-order valence-corrected chi connectivity index (χ3v) is 1.46. The topological polar surface area (TPSA) is 12.0 Å². The molecule has 1 nitrogen and oxygen atoms in total. The molecule has 0 amide bonds. The Morgan fingerprint density at radius 3 is 1.50 bits per heavy atom. The Bertz CT molecular complexity index is 34.9. The zero-order chi connectivity index (χ0) is 6.95. The highest BCUT2D eigenvalue weighted by molar-refractivity contribution is 5.85. The van der Waals surface area contributed by atoms with Crippen molar-refractivity contribution in [2.24, 2.45) is 0 Å². The van der Waals surface area contributed by atoms with Crippen molar-refractivity contribution in [1.29, 1.82) is 0 Å². The highest BCUT2D eigenvalue weighted by Crippen LogP contribution is 1.90. The van der Waals surface area contributed by atoms with Gasteiger partial charge in [-0.1, -0.05) is 26.7 Å². The summed E-state index contributed by atoms with van der Waals surface area (Å²) in [7, 11) is 0. The summed E-state index contributed by atoms with van der Waals surface area (Å²) in [6.07, 6.45) is 5.42. The van der Waals surface area contributed by atoms with Crippen LogP contribution in [0.4, 0.5) is 0 Å². The standard InChI is InChI=1S/C4H9N.C4H10.ClH/c1-2-4-5-3-1;1-3-4-2;/h5H,1-4H2;3-4H2,1-2H3;1H. The summed E-state index contributed by atoms with van der Waals surface area (Å²) in [4.78, 5) is 0. The van der Waals surface area contributed by atoms with Gasteiger partial charge in [0.05, 0.1) is 0 Å². The van der Waals surface area contributed by atoms with Gasteiger partial charge in [0.15, 0.2) is 0 Å². The third kappa shape index (κ3) is 11.1. The Hall–Kier alpha value is 0.250. The van der Waals surface area contributed by atoms with Crippen LogP contribution >= 0.6 is 12.4 Å². The molecular weight excluding hydrogens is 146 g/mol. The monoisotopic (exact) mass is 165 g/mol. The predicted molar refractivity (Wildman–Crippen MR) is 49.9 cm³/mol. The maximum absolute atomic E-state index is 3.22. The lowest BCUT2D eigenvalue weighted by molar-refractivity contribution is 0.857. The Kier molecular flexibility index (Phi) is 15.4. The van der Waals surface area contributed by atoms with E-state index in [1.807, 2.05) is 0 Å². The summed E-state index contributed by atoms with van der Waals surface area (Å²) in [5.74, 6) is 0. The van der Waals surface area contributed by atoms with E-state index in [1.165, 1.54) is 38.8 Å². The van der Waals surface area contributed by atoms with E-state index in [2.05, 4.69) is 19.2 Å². The fourth-order valence-electron chi connectivity index (χ4n) is 0.625. The van der Waals surface area contributed by atoms with E-state index in [9.17, 15) is 0 Å². The molecule has 0 radical (unpaired) electrons. The normalized spacial score (nSPS) is 15.0. The molecule has 1 saturated heterocycles. The Morgan fingerprint density at radius 2 is 1.40 bits per heavy atom. The summed E-state index contributed by atoms with van der Waals surface area (Å²) < 4.78 is 0. The van der Waals surface area contributed by atoms with Gasteiger partial charge in [0.2, 0.25) is 0 Å². The van der Waals surface area contributed by atoms with Crippen molar-refractivity contribution in [1.82, 2.24) is 5.32 Å².